The number of hydrogen-bond donors (Lipinski definition) is 1. The fourth-order valence-electron chi connectivity index (χ4n) is 4.19. The van der Waals surface area contributed by atoms with Crippen molar-refractivity contribution in [1.82, 2.24) is 14.5 Å². The molecule has 1 atom stereocenters. The van der Waals surface area contributed by atoms with Crippen molar-refractivity contribution in [3.05, 3.63) is 102 Å². The molecule has 0 bridgehead atoms. The van der Waals surface area contributed by atoms with Gasteiger partial charge in [0.05, 0.1) is 4.90 Å². The van der Waals surface area contributed by atoms with Crippen molar-refractivity contribution in [1.29, 1.82) is 0 Å². The van der Waals surface area contributed by atoms with Crippen molar-refractivity contribution >= 4 is 15.9 Å². The van der Waals surface area contributed by atoms with Crippen LogP contribution in [0.15, 0.2) is 89.8 Å². The van der Waals surface area contributed by atoms with Gasteiger partial charge in [-0.3, -0.25) is 9.69 Å². The maximum atomic E-state index is 13.5. The first-order valence-corrected chi connectivity index (χ1v) is 13.1. The number of rotatable bonds is 8. The Labute approximate surface area is 202 Å². The Morgan fingerprint density at radius 1 is 0.824 bits per heavy atom. The Morgan fingerprint density at radius 3 is 1.97 bits per heavy atom. The molecule has 7 heteroatoms. The molecule has 6 nitrogen and oxygen atoms in total. The molecular weight excluding hydrogens is 446 g/mol. The molecule has 0 aromatic heterocycles. The Balaban J connectivity index is 1.46. The maximum absolute atomic E-state index is 13.5. The number of amides is 1. The van der Waals surface area contributed by atoms with E-state index in [4.69, 9.17) is 0 Å². The lowest BCUT2D eigenvalue weighted by atomic mass is 10.1. The van der Waals surface area contributed by atoms with Crippen molar-refractivity contribution in [3.63, 3.8) is 0 Å². The lowest BCUT2D eigenvalue weighted by Crippen LogP contribution is -2.55. The molecule has 1 heterocycles. The van der Waals surface area contributed by atoms with Gasteiger partial charge in [0.2, 0.25) is 15.9 Å². The molecule has 0 aliphatic carbocycles. The van der Waals surface area contributed by atoms with Gasteiger partial charge in [0, 0.05) is 32.7 Å². The summed E-state index contributed by atoms with van der Waals surface area (Å²) in [4.78, 5) is 17.8. The number of nitrogens with one attached hydrogen (secondary N) is 1. The summed E-state index contributed by atoms with van der Waals surface area (Å²) in [5.41, 5.74) is 3.13. The van der Waals surface area contributed by atoms with E-state index in [-0.39, 0.29) is 10.8 Å². The Morgan fingerprint density at radius 2 is 1.38 bits per heavy atom. The van der Waals surface area contributed by atoms with Gasteiger partial charge in [-0.1, -0.05) is 78.4 Å². The second-order valence-electron chi connectivity index (χ2n) is 8.76. The number of benzene rings is 3. The molecule has 34 heavy (non-hydrogen) atoms. The van der Waals surface area contributed by atoms with Crippen LogP contribution >= 0.6 is 0 Å². The summed E-state index contributed by atoms with van der Waals surface area (Å²) in [6.07, 6.45) is 0.301. The topological polar surface area (TPSA) is 69.7 Å². The minimum atomic E-state index is -3.84. The van der Waals surface area contributed by atoms with Crippen LogP contribution in [0.4, 0.5) is 0 Å². The van der Waals surface area contributed by atoms with Gasteiger partial charge in [0.15, 0.2) is 0 Å². The van der Waals surface area contributed by atoms with Gasteiger partial charge in [0.1, 0.15) is 6.04 Å². The number of carbonyl (C=O) groups excluding carboxylic acids is 1. The quantitative estimate of drug-likeness (QED) is 0.541. The molecule has 3 aromatic carbocycles. The molecule has 3 aromatic rings. The zero-order chi connectivity index (χ0) is 24.0. The number of hydrogen-bond acceptors (Lipinski definition) is 4. The van der Waals surface area contributed by atoms with E-state index in [2.05, 4.69) is 21.8 Å². The fourth-order valence-corrected chi connectivity index (χ4v) is 5.38. The average Bonchev–Trinajstić information content (AvgIpc) is 2.85. The highest BCUT2D eigenvalue weighted by Crippen LogP contribution is 2.15. The number of carbonyl (C=O) groups is 1. The summed E-state index contributed by atoms with van der Waals surface area (Å²) in [6.45, 7) is 5.40. The predicted octanol–water partition coefficient (Wildman–Crippen LogP) is 3.23. The number of aryl methyl sites for hydroxylation is 1. The van der Waals surface area contributed by atoms with Gasteiger partial charge in [-0.05, 0) is 36.6 Å². The van der Waals surface area contributed by atoms with E-state index in [0.29, 0.717) is 19.5 Å². The molecule has 178 valence electrons. The van der Waals surface area contributed by atoms with E-state index in [9.17, 15) is 13.2 Å². The normalized spacial score (nSPS) is 15.7. The molecule has 1 aliphatic rings. The first kappa shape index (κ1) is 24.1. The summed E-state index contributed by atoms with van der Waals surface area (Å²) in [5.74, 6) is -0.182. The van der Waals surface area contributed by atoms with E-state index in [1.165, 1.54) is 5.56 Å². The minimum absolute atomic E-state index is 0.164. The van der Waals surface area contributed by atoms with E-state index >= 15 is 0 Å². The van der Waals surface area contributed by atoms with Crippen LogP contribution in [0, 0.1) is 6.92 Å². The molecule has 0 unspecified atom stereocenters. The first-order valence-electron chi connectivity index (χ1n) is 11.6. The van der Waals surface area contributed by atoms with Crippen LogP contribution in [0.1, 0.15) is 16.7 Å². The zero-order valence-electron chi connectivity index (χ0n) is 19.4. The number of piperazine rings is 1. The van der Waals surface area contributed by atoms with Crippen molar-refractivity contribution in [2.45, 2.75) is 30.8 Å². The minimum Gasteiger partial charge on any atom is -0.339 e. The molecule has 1 saturated heterocycles. The smallest absolute Gasteiger partial charge is 0.241 e. The van der Waals surface area contributed by atoms with Gasteiger partial charge in [0.25, 0.3) is 0 Å². The van der Waals surface area contributed by atoms with E-state index in [0.717, 1.165) is 30.8 Å². The largest absolute Gasteiger partial charge is 0.339 e. The van der Waals surface area contributed by atoms with Gasteiger partial charge in [-0.15, -0.1) is 0 Å². The molecular formula is C27H31N3O3S. The van der Waals surface area contributed by atoms with Gasteiger partial charge >= 0.3 is 0 Å². The summed E-state index contributed by atoms with van der Waals surface area (Å²) >= 11 is 0. The molecule has 1 fully saturated rings. The van der Waals surface area contributed by atoms with Crippen LogP contribution in [0.3, 0.4) is 0 Å². The monoisotopic (exact) mass is 477 g/mol. The molecule has 0 saturated carbocycles. The standard InChI is InChI=1S/C27H31N3O3S/c1-22-12-14-25(15-13-22)34(32,33)28-26(20-23-8-4-2-5-9-23)27(31)30-18-16-29(17-19-30)21-24-10-6-3-7-11-24/h2-15,26,28H,16-21H2,1H3/t26-/m1/s1. The van der Waals surface area contributed by atoms with Crippen molar-refractivity contribution in [3.8, 4) is 0 Å². The fraction of sp³-hybridized carbons (Fsp3) is 0.296. The average molecular weight is 478 g/mol. The van der Waals surface area contributed by atoms with Crippen molar-refractivity contribution in [2.75, 3.05) is 26.2 Å². The molecule has 0 spiro atoms. The van der Waals surface area contributed by atoms with Crippen LogP contribution in [0.5, 0.6) is 0 Å². The van der Waals surface area contributed by atoms with Gasteiger partial charge in [-0.25, -0.2) is 8.42 Å². The lowest BCUT2D eigenvalue weighted by molar-refractivity contribution is -0.134. The predicted molar refractivity (Wildman–Crippen MR) is 134 cm³/mol. The second kappa shape index (κ2) is 11.0. The van der Waals surface area contributed by atoms with Crippen LogP contribution in [-0.4, -0.2) is 56.3 Å². The maximum Gasteiger partial charge on any atom is 0.241 e. The SMILES string of the molecule is Cc1ccc(S(=O)(=O)N[C@H](Cc2ccccc2)C(=O)N2CCN(Cc3ccccc3)CC2)cc1. The molecule has 1 aliphatic heterocycles. The second-order valence-corrected chi connectivity index (χ2v) is 10.5. The number of sulfonamides is 1. The van der Waals surface area contributed by atoms with Gasteiger partial charge < -0.3 is 4.90 Å². The Hall–Kier alpha value is -3.00. The molecule has 4 rings (SSSR count). The highest BCUT2D eigenvalue weighted by atomic mass is 32.2. The Kier molecular flexibility index (Phi) is 7.77. The summed E-state index contributed by atoms with van der Waals surface area (Å²) in [7, 11) is -3.84. The van der Waals surface area contributed by atoms with E-state index in [1.54, 1.807) is 29.2 Å². The van der Waals surface area contributed by atoms with Crippen LogP contribution in [-0.2, 0) is 27.8 Å². The highest BCUT2D eigenvalue weighted by Gasteiger charge is 2.31. The third-order valence-electron chi connectivity index (χ3n) is 6.14. The van der Waals surface area contributed by atoms with Crippen molar-refractivity contribution in [2.24, 2.45) is 0 Å². The van der Waals surface area contributed by atoms with Crippen molar-refractivity contribution < 1.29 is 13.2 Å². The summed E-state index contributed by atoms with van der Waals surface area (Å²) in [6, 6.07) is 25.6. The molecule has 0 radical (unpaired) electrons. The van der Waals surface area contributed by atoms with Crippen LogP contribution in [0.2, 0.25) is 0 Å². The van der Waals surface area contributed by atoms with Crippen LogP contribution < -0.4 is 4.72 Å². The third-order valence-corrected chi connectivity index (χ3v) is 7.63. The molecule has 1 N–H and O–H groups in total. The van der Waals surface area contributed by atoms with E-state index in [1.807, 2.05) is 55.5 Å². The highest BCUT2D eigenvalue weighted by molar-refractivity contribution is 7.89. The Bertz CT molecular complexity index is 1170. The molecule has 1 amide bonds. The lowest BCUT2D eigenvalue weighted by Gasteiger charge is -2.36. The summed E-state index contributed by atoms with van der Waals surface area (Å²) < 4.78 is 28.9. The summed E-state index contributed by atoms with van der Waals surface area (Å²) in [5, 5.41) is 0. The number of nitrogens with zero attached hydrogens (tertiary/aromatic N) is 2. The van der Waals surface area contributed by atoms with Gasteiger partial charge in [-0.2, -0.15) is 4.72 Å². The first-order chi connectivity index (χ1) is 16.4. The third kappa shape index (κ3) is 6.32. The van der Waals surface area contributed by atoms with Crippen LogP contribution in [0.25, 0.3) is 0 Å². The van der Waals surface area contributed by atoms with E-state index < -0.39 is 16.1 Å². The zero-order valence-corrected chi connectivity index (χ0v) is 20.2.